The van der Waals surface area contributed by atoms with Crippen molar-refractivity contribution in [3.05, 3.63) is 28.8 Å². The molecule has 0 saturated carbocycles. The fourth-order valence-corrected chi connectivity index (χ4v) is 2.65. The van der Waals surface area contributed by atoms with Crippen molar-refractivity contribution in [1.82, 2.24) is 5.32 Å². The van der Waals surface area contributed by atoms with E-state index in [2.05, 4.69) is 45.1 Å². The van der Waals surface area contributed by atoms with Crippen LogP contribution in [0.2, 0.25) is 0 Å². The Bertz CT molecular complexity index is 418. The highest BCUT2D eigenvalue weighted by Gasteiger charge is 2.25. The van der Waals surface area contributed by atoms with Gasteiger partial charge in [-0.1, -0.05) is 26.0 Å². The van der Waals surface area contributed by atoms with E-state index in [1.165, 1.54) is 16.7 Å². The summed E-state index contributed by atoms with van der Waals surface area (Å²) in [6, 6.07) is 4.49. The van der Waals surface area contributed by atoms with Crippen LogP contribution >= 0.6 is 0 Å². The molecular weight excluding hydrogens is 250 g/mol. The molecule has 0 fully saturated rings. The lowest BCUT2D eigenvalue weighted by molar-refractivity contribution is 0.0312. The lowest BCUT2D eigenvalue weighted by atomic mass is 9.94. The number of rotatable bonds is 8. The van der Waals surface area contributed by atoms with Crippen molar-refractivity contribution >= 4 is 0 Å². The van der Waals surface area contributed by atoms with Crippen LogP contribution in [0.25, 0.3) is 0 Å². The first-order chi connectivity index (χ1) is 9.60. The summed E-state index contributed by atoms with van der Waals surface area (Å²) in [6.45, 7) is 12.2. The molecule has 0 spiro atoms. The summed E-state index contributed by atoms with van der Waals surface area (Å²) in [5.41, 5.74) is 3.65. The number of hydrogen-bond acceptors (Lipinski definition) is 3. The summed E-state index contributed by atoms with van der Waals surface area (Å²) < 4.78 is 11.6. The minimum absolute atomic E-state index is 0.163. The summed E-state index contributed by atoms with van der Waals surface area (Å²) in [7, 11) is 1.75. The number of aryl methyl sites for hydroxylation is 1. The quantitative estimate of drug-likeness (QED) is 0.785. The fraction of sp³-hybridized carbons (Fsp3) is 0.647. The Balaban J connectivity index is 3.23. The van der Waals surface area contributed by atoms with Crippen LogP contribution in [0.3, 0.4) is 0 Å². The highest BCUT2D eigenvalue weighted by molar-refractivity contribution is 5.47. The number of likely N-dealkylation sites (N-methyl/N-ethyl adjacent to an activating group) is 1. The number of benzene rings is 1. The molecule has 0 aromatic heterocycles. The van der Waals surface area contributed by atoms with Crippen LogP contribution in [-0.2, 0) is 4.74 Å². The minimum atomic E-state index is 0.163. The Hall–Kier alpha value is -1.06. The molecule has 3 nitrogen and oxygen atoms in total. The zero-order valence-electron chi connectivity index (χ0n) is 13.7. The van der Waals surface area contributed by atoms with E-state index in [1.807, 2.05) is 6.92 Å². The van der Waals surface area contributed by atoms with E-state index in [4.69, 9.17) is 9.47 Å². The Morgan fingerprint density at radius 2 is 1.85 bits per heavy atom. The summed E-state index contributed by atoms with van der Waals surface area (Å²) >= 11 is 0. The largest absolute Gasteiger partial charge is 0.496 e. The van der Waals surface area contributed by atoms with Crippen LogP contribution in [-0.4, -0.2) is 26.4 Å². The zero-order chi connectivity index (χ0) is 15.1. The summed E-state index contributed by atoms with van der Waals surface area (Å²) in [5, 5.41) is 3.55. The summed E-state index contributed by atoms with van der Waals surface area (Å²) in [6.07, 6.45) is 1.14. The van der Waals surface area contributed by atoms with E-state index in [0.29, 0.717) is 0 Å². The third-order valence-electron chi connectivity index (χ3n) is 3.83. The van der Waals surface area contributed by atoms with Gasteiger partial charge >= 0.3 is 0 Å². The molecule has 20 heavy (non-hydrogen) atoms. The van der Waals surface area contributed by atoms with Crippen molar-refractivity contribution in [3.8, 4) is 5.75 Å². The molecule has 3 heteroatoms. The molecule has 0 amide bonds. The van der Waals surface area contributed by atoms with Gasteiger partial charge in [-0.2, -0.15) is 0 Å². The average Bonchev–Trinajstić information content (AvgIpc) is 2.45. The van der Waals surface area contributed by atoms with Gasteiger partial charge in [0.05, 0.1) is 19.3 Å². The van der Waals surface area contributed by atoms with Gasteiger partial charge in [0, 0.05) is 12.2 Å². The van der Waals surface area contributed by atoms with E-state index in [9.17, 15) is 0 Å². The fourth-order valence-electron chi connectivity index (χ4n) is 2.65. The third kappa shape index (κ3) is 3.74. The third-order valence-corrected chi connectivity index (χ3v) is 3.83. The van der Waals surface area contributed by atoms with Gasteiger partial charge in [-0.25, -0.2) is 0 Å². The Labute approximate surface area is 123 Å². The predicted molar refractivity (Wildman–Crippen MR) is 84.6 cm³/mol. The maximum Gasteiger partial charge on any atom is 0.126 e. The molecule has 2 unspecified atom stereocenters. The lowest BCUT2D eigenvalue weighted by Gasteiger charge is -2.29. The van der Waals surface area contributed by atoms with Crippen LogP contribution in [0, 0.1) is 13.8 Å². The van der Waals surface area contributed by atoms with Crippen LogP contribution in [0.1, 0.15) is 49.9 Å². The molecule has 0 bridgehead atoms. The molecule has 0 aliphatic rings. The topological polar surface area (TPSA) is 30.5 Å². The Morgan fingerprint density at radius 1 is 1.15 bits per heavy atom. The van der Waals surface area contributed by atoms with E-state index in [-0.39, 0.29) is 12.1 Å². The minimum Gasteiger partial charge on any atom is -0.496 e. The molecule has 0 aliphatic carbocycles. The van der Waals surface area contributed by atoms with Gasteiger partial charge in [0.1, 0.15) is 5.75 Å². The van der Waals surface area contributed by atoms with Crippen molar-refractivity contribution in [3.63, 3.8) is 0 Å². The first-order valence-corrected chi connectivity index (χ1v) is 7.59. The second kappa shape index (κ2) is 8.28. The second-order valence-electron chi connectivity index (χ2n) is 5.07. The molecule has 1 aromatic rings. The van der Waals surface area contributed by atoms with Crippen LogP contribution < -0.4 is 10.1 Å². The van der Waals surface area contributed by atoms with Gasteiger partial charge in [0.25, 0.3) is 0 Å². The van der Waals surface area contributed by atoms with E-state index in [1.54, 1.807) is 7.11 Å². The van der Waals surface area contributed by atoms with Gasteiger partial charge < -0.3 is 14.8 Å². The van der Waals surface area contributed by atoms with Crippen molar-refractivity contribution in [2.24, 2.45) is 0 Å². The average molecular weight is 279 g/mol. The molecule has 1 aromatic carbocycles. The Kier molecular flexibility index (Phi) is 7.03. The molecule has 1 rings (SSSR count). The zero-order valence-corrected chi connectivity index (χ0v) is 13.7. The van der Waals surface area contributed by atoms with Gasteiger partial charge in [0.15, 0.2) is 0 Å². The highest BCUT2D eigenvalue weighted by atomic mass is 16.5. The van der Waals surface area contributed by atoms with Crippen molar-refractivity contribution in [2.45, 2.75) is 53.2 Å². The van der Waals surface area contributed by atoms with Crippen molar-refractivity contribution < 1.29 is 9.47 Å². The molecule has 0 heterocycles. The lowest BCUT2D eigenvalue weighted by Crippen LogP contribution is -2.34. The predicted octanol–water partition coefficient (Wildman–Crippen LogP) is 3.78. The van der Waals surface area contributed by atoms with Gasteiger partial charge in [0.2, 0.25) is 0 Å². The molecule has 0 saturated heterocycles. The van der Waals surface area contributed by atoms with Crippen LogP contribution in [0.4, 0.5) is 0 Å². The molecule has 0 radical (unpaired) electrons. The summed E-state index contributed by atoms with van der Waals surface area (Å²) in [4.78, 5) is 0. The first-order valence-electron chi connectivity index (χ1n) is 7.59. The number of hydrogen-bond donors (Lipinski definition) is 1. The second-order valence-corrected chi connectivity index (χ2v) is 5.07. The number of ether oxygens (including phenoxy) is 2. The smallest absolute Gasteiger partial charge is 0.126 e. The monoisotopic (exact) mass is 279 g/mol. The number of nitrogens with one attached hydrogen (secondary N) is 1. The molecule has 114 valence electrons. The van der Waals surface area contributed by atoms with Crippen LogP contribution in [0.15, 0.2) is 12.1 Å². The van der Waals surface area contributed by atoms with E-state index in [0.717, 1.165) is 25.3 Å². The molecule has 0 aliphatic heterocycles. The van der Waals surface area contributed by atoms with Crippen LogP contribution in [0.5, 0.6) is 5.75 Å². The van der Waals surface area contributed by atoms with Crippen molar-refractivity contribution in [2.75, 3.05) is 20.3 Å². The maximum absolute atomic E-state index is 5.91. The SMILES string of the molecule is CCNC(c1ccc(C)c(C)c1OC)C(CC)OCC. The Morgan fingerprint density at radius 3 is 2.35 bits per heavy atom. The standard InChI is InChI=1S/C17H29NO2/c1-7-15(20-9-3)16(18-8-2)14-11-10-12(4)13(5)17(14)19-6/h10-11,15-16,18H,7-9H2,1-6H3. The first kappa shape index (κ1) is 17.0. The molecule has 1 N–H and O–H groups in total. The number of methoxy groups -OCH3 is 1. The van der Waals surface area contributed by atoms with Gasteiger partial charge in [-0.15, -0.1) is 0 Å². The maximum atomic E-state index is 5.91. The normalized spacial score (nSPS) is 14.1. The molecular formula is C17H29NO2. The highest BCUT2D eigenvalue weighted by Crippen LogP contribution is 2.34. The van der Waals surface area contributed by atoms with E-state index < -0.39 is 0 Å². The van der Waals surface area contributed by atoms with Crippen molar-refractivity contribution in [1.29, 1.82) is 0 Å². The van der Waals surface area contributed by atoms with Gasteiger partial charge in [-0.3, -0.25) is 0 Å². The summed E-state index contributed by atoms with van der Waals surface area (Å²) in [5.74, 6) is 0.981. The molecule has 2 atom stereocenters. The van der Waals surface area contributed by atoms with E-state index >= 15 is 0 Å². The van der Waals surface area contributed by atoms with Gasteiger partial charge in [-0.05, 0) is 44.9 Å².